The molecule has 82 valence electrons. The lowest BCUT2D eigenvalue weighted by molar-refractivity contribution is -0.115. The maximum atomic E-state index is 11.5. The second-order valence-corrected chi connectivity index (χ2v) is 5.38. The van der Waals surface area contributed by atoms with Crippen molar-refractivity contribution >= 4 is 40.3 Å². The van der Waals surface area contributed by atoms with Gasteiger partial charge in [0.15, 0.2) is 0 Å². The molecule has 0 aliphatic carbocycles. The van der Waals surface area contributed by atoms with E-state index < -0.39 is 0 Å². The van der Waals surface area contributed by atoms with Crippen LogP contribution in [0.5, 0.6) is 0 Å². The summed E-state index contributed by atoms with van der Waals surface area (Å²) in [6, 6.07) is 6.09. The van der Waals surface area contributed by atoms with Crippen LogP contribution in [0.1, 0.15) is 16.7 Å². The highest BCUT2D eigenvalue weighted by atomic mass is 32.2. The number of thioether (sulfide) groups is 1. The zero-order valence-electron chi connectivity index (χ0n) is 9.03. The van der Waals surface area contributed by atoms with Crippen LogP contribution < -0.4 is 5.32 Å². The van der Waals surface area contributed by atoms with Crippen LogP contribution >= 0.6 is 24.0 Å². The smallest absolute Gasteiger partial charge is 0.263 e. The average Bonchev–Trinajstić information content (AvgIpc) is 2.51. The molecule has 16 heavy (non-hydrogen) atoms. The first kappa shape index (κ1) is 11.4. The van der Waals surface area contributed by atoms with E-state index in [-0.39, 0.29) is 5.91 Å². The Morgan fingerprint density at radius 3 is 2.44 bits per heavy atom. The van der Waals surface area contributed by atoms with Crippen LogP contribution in [0.25, 0.3) is 6.08 Å². The summed E-state index contributed by atoms with van der Waals surface area (Å²) in [5.74, 6) is -0.0994. The van der Waals surface area contributed by atoms with Crippen LogP contribution in [0.3, 0.4) is 0 Å². The Hall–Kier alpha value is -1.13. The minimum atomic E-state index is -0.0994. The summed E-state index contributed by atoms with van der Waals surface area (Å²) in [5.41, 5.74) is 3.43. The van der Waals surface area contributed by atoms with Crippen molar-refractivity contribution in [2.45, 2.75) is 13.8 Å². The molecule has 0 saturated carbocycles. The van der Waals surface area contributed by atoms with E-state index in [0.29, 0.717) is 9.23 Å². The molecule has 4 heteroatoms. The molecule has 1 aliphatic heterocycles. The monoisotopic (exact) mass is 249 g/mol. The number of hydrogen-bond donors (Lipinski definition) is 1. The molecule has 1 amide bonds. The maximum Gasteiger partial charge on any atom is 0.263 e. The van der Waals surface area contributed by atoms with Gasteiger partial charge in [0.05, 0.1) is 4.91 Å². The number of hydrogen-bond acceptors (Lipinski definition) is 3. The Labute approximate surface area is 104 Å². The lowest BCUT2D eigenvalue weighted by atomic mass is 10.0. The molecule has 2 rings (SSSR count). The number of benzene rings is 1. The summed E-state index contributed by atoms with van der Waals surface area (Å²) < 4.78 is 0.530. The molecule has 0 unspecified atom stereocenters. The van der Waals surface area contributed by atoms with E-state index >= 15 is 0 Å². The number of thiocarbonyl (C=S) groups is 1. The predicted molar refractivity (Wildman–Crippen MR) is 72.2 cm³/mol. The van der Waals surface area contributed by atoms with Crippen molar-refractivity contribution in [3.05, 3.63) is 39.8 Å². The molecule has 0 aromatic heterocycles. The maximum absolute atomic E-state index is 11.5. The molecule has 2 nitrogen and oxygen atoms in total. The zero-order chi connectivity index (χ0) is 11.7. The van der Waals surface area contributed by atoms with Gasteiger partial charge in [-0.15, -0.1) is 0 Å². The molecule has 0 radical (unpaired) electrons. The van der Waals surface area contributed by atoms with Crippen LogP contribution in [0.15, 0.2) is 23.1 Å². The van der Waals surface area contributed by atoms with E-state index in [2.05, 4.69) is 5.32 Å². The first-order chi connectivity index (χ1) is 7.58. The normalized spacial score (nSPS) is 18.0. The standard InChI is InChI=1S/C12H11NOS2/c1-7-4-3-5-8(2)9(7)6-10-11(14)13-12(15)16-10/h3-6H,1-2H3,(H,13,14,15)/b10-6-. The lowest BCUT2D eigenvalue weighted by Crippen LogP contribution is -2.17. The summed E-state index contributed by atoms with van der Waals surface area (Å²) in [6.45, 7) is 4.07. The second kappa shape index (κ2) is 4.39. The second-order valence-electron chi connectivity index (χ2n) is 3.66. The van der Waals surface area contributed by atoms with E-state index in [1.165, 1.54) is 22.9 Å². The molecule has 1 saturated heterocycles. The van der Waals surface area contributed by atoms with Gasteiger partial charge in [-0.3, -0.25) is 4.79 Å². The van der Waals surface area contributed by atoms with Crippen molar-refractivity contribution in [3.8, 4) is 0 Å². The Bertz CT molecular complexity index is 485. The number of carbonyl (C=O) groups excluding carboxylic acids is 1. The van der Waals surface area contributed by atoms with Crippen molar-refractivity contribution < 1.29 is 4.79 Å². The third kappa shape index (κ3) is 2.18. The fraction of sp³-hybridized carbons (Fsp3) is 0.167. The van der Waals surface area contributed by atoms with Crippen LogP contribution in [0.4, 0.5) is 0 Å². The summed E-state index contributed by atoms with van der Waals surface area (Å²) in [6.07, 6.45) is 1.91. The molecule has 0 bridgehead atoms. The van der Waals surface area contributed by atoms with Gasteiger partial charge in [-0.2, -0.15) is 0 Å². The average molecular weight is 249 g/mol. The SMILES string of the molecule is Cc1cccc(C)c1/C=C1\SC(=S)NC1=O. The van der Waals surface area contributed by atoms with Crippen molar-refractivity contribution in [2.75, 3.05) is 0 Å². The fourth-order valence-electron chi connectivity index (χ4n) is 1.61. The van der Waals surface area contributed by atoms with Gasteiger partial charge in [0, 0.05) is 0 Å². The fourth-order valence-corrected chi connectivity index (χ4v) is 2.63. The number of amides is 1. The van der Waals surface area contributed by atoms with Crippen LogP contribution in [0.2, 0.25) is 0 Å². The van der Waals surface area contributed by atoms with E-state index in [1.54, 1.807) is 0 Å². The summed E-state index contributed by atoms with van der Waals surface area (Å²) in [7, 11) is 0. The number of aryl methyl sites for hydroxylation is 2. The van der Waals surface area contributed by atoms with Crippen LogP contribution in [-0.4, -0.2) is 10.2 Å². The minimum Gasteiger partial charge on any atom is -0.307 e. The highest BCUT2D eigenvalue weighted by molar-refractivity contribution is 8.26. The first-order valence-electron chi connectivity index (χ1n) is 4.89. The molecule has 1 N–H and O–H groups in total. The lowest BCUT2D eigenvalue weighted by Gasteiger charge is -2.04. The molecule has 1 aromatic rings. The largest absolute Gasteiger partial charge is 0.307 e. The van der Waals surface area contributed by atoms with Crippen molar-refractivity contribution in [2.24, 2.45) is 0 Å². The van der Waals surface area contributed by atoms with Crippen molar-refractivity contribution in [1.82, 2.24) is 5.32 Å². The van der Waals surface area contributed by atoms with Crippen molar-refractivity contribution in [1.29, 1.82) is 0 Å². The molecule has 1 aliphatic rings. The van der Waals surface area contributed by atoms with Gasteiger partial charge in [0.1, 0.15) is 4.32 Å². The summed E-state index contributed by atoms with van der Waals surface area (Å²) in [5, 5.41) is 2.61. The highest BCUT2D eigenvalue weighted by Gasteiger charge is 2.22. The van der Waals surface area contributed by atoms with Gasteiger partial charge in [-0.05, 0) is 36.6 Å². The summed E-state index contributed by atoms with van der Waals surface area (Å²) >= 11 is 6.26. The van der Waals surface area contributed by atoms with E-state index in [9.17, 15) is 4.79 Å². The van der Waals surface area contributed by atoms with E-state index in [4.69, 9.17) is 12.2 Å². The third-order valence-electron chi connectivity index (χ3n) is 2.46. The first-order valence-corrected chi connectivity index (χ1v) is 6.11. The Morgan fingerprint density at radius 1 is 1.31 bits per heavy atom. The third-order valence-corrected chi connectivity index (χ3v) is 3.62. The van der Waals surface area contributed by atoms with Gasteiger partial charge >= 0.3 is 0 Å². The minimum absolute atomic E-state index is 0.0994. The van der Waals surface area contributed by atoms with Gasteiger partial charge in [0.25, 0.3) is 5.91 Å². The Balaban J connectivity index is 2.44. The molecule has 0 spiro atoms. The van der Waals surface area contributed by atoms with Gasteiger partial charge in [-0.1, -0.05) is 42.2 Å². The summed E-state index contributed by atoms with van der Waals surface area (Å²) in [4.78, 5) is 12.2. The molecular formula is C12H11NOS2. The number of rotatable bonds is 1. The Morgan fingerprint density at radius 2 is 1.94 bits per heavy atom. The van der Waals surface area contributed by atoms with Crippen LogP contribution in [-0.2, 0) is 4.79 Å². The molecule has 1 heterocycles. The highest BCUT2D eigenvalue weighted by Crippen LogP contribution is 2.27. The van der Waals surface area contributed by atoms with Gasteiger partial charge in [0.2, 0.25) is 0 Å². The van der Waals surface area contributed by atoms with E-state index in [1.807, 2.05) is 38.1 Å². The van der Waals surface area contributed by atoms with Crippen LogP contribution in [0, 0.1) is 13.8 Å². The molecule has 0 atom stereocenters. The van der Waals surface area contributed by atoms with Gasteiger partial charge in [-0.25, -0.2) is 0 Å². The Kier molecular flexibility index (Phi) is 3.12. The molecule has 1 aromatic carbocycles. The van der Waals surface area contributed by atoms with Crippen molar-refractivity contribution in [3.63, 3.8) is 0 Å². The zero-order valence-corrected chi connectivity index (χ0v) is 10.7. The molecule has 1 fully saturated rings. The van der Waals surface area contributed by atoms with Gasteiger partial charge < -0.3 is 5.32 Å². The predicted octanol–water partition coefficient (Wildman–Crippen LogP) is 2.79. The molecular weight excluding hydrogens is 238 g/mol. The topological polar surface area (TPSA) is 29.1 Å². The number of carbonyl (C=O) groups is 1. The number of nitrogens with one attached hydrogen (secondary N) is 1. The quantitative estimate of drug-likeness (QED) is 0.613. The van der Waals surface area contributed by atoms with E-state index in [0.717, 1.165) is 5.56 Å².